The summed E-state index contributed by atoms with van der Waals surface area (Å²) < 4.78 is 28.1. The summed E-state index contributed by atoms with van der Waals surface area (Å²) in [5, 5.41) is 35.2. The fraction of sp³-hybridized carbons (Fsp3) is 0.516. The molecule has 11 rings (SSSR count). The number of hydrogen-bond donors (Lipinski definition) is 3. The number of fused-ring (bicyclic) bond motifs is 4. The van der Waals surface area contributed by atoms with Crippen LogP contribution in [0.25, 0.3) is 44.8 Å². The van der Waals surface area contributed by atoms with E-state index < -0.39 is 29.7 Å². The van der Waals surface area contributed by atoms with Gasteiger partial charge < -0.3 is 29.8 Å². The number of nitrogen functional groups attached to an aromatic ring is 1. The molecule has 9 heterocycles. The summed E-state index contributed by atoms with van der Waals surface area (Å²) in [6, 6.07) is 23.2. The Labute approximate surface area is 735 Å². The number of nitrogens with one attached hydrogen (secondary N) is 1. The number of carboxylic acid groups (broad SMARTS) is 1. The molecule has 4 N–H and O–H groups in total. The third-order valence-electron chi connectivity index (χ3n) is 19.6. The van der Waals surface area contributed by atoms with Crippen LogP contribution in [-0.2, 0) is 33.3 Å². The molecule has 0 fully saturated rings. The van der Waals surface area contributed by atoms with E-state index in [0.717, 1.165) is 101 Å². The van der Waals surface area contributed by atoms with Crippen LogP contribution in [0.4, 0.5) is 5.82 Å². The van der Waals surface area contributed by atoms with E-state index in [9.17, 15) is 38.7 Å². The summed E-state index contributed by atoms with van der Waals surface area (Å²) >= 11 is 3.56. The van der Waals surface area contributed by atoms with Gasteiger partial charge in [-0.2, -0.15) is 25.5 Å². The number of aromatic carboxylic acids is 1. The van der Waals surface area contributed by atoms with Gasteiger partial charge in [0.05, 0.1) is 64.8 Å². The second-order valence-electron chi connectivity index (χ2n) is 33.5. The number of anilines is 1. The van der Waals surface area contributed by atoms with Crippen LogP contribution in [-0.4, -0.2) is 142 Å². The van der Waals surface area contributed by atoms with Gasteiger partial charge in [0.25, 0.3) is 0 Å². The molecule has 2 aromatic carbocycles. The number of H-pyrrole nitrogens is 1. The topological polar surface area (TPSA) is 352 Å². The lowest BCUT2D eigenvalue weighted by Crippen LogP contribution is -2.17. The smallest absolute Gasteiger partial charge is 0.374 e. The molecule has 0 amide bonds. The first kappa shape index (κ1) is 104. The van der Waals surface area contributed by atoms with Gasteiger partial charge in [-0.05, 0) is 201 Å². The monoisotopic (exact) mass is 1760 g/mol. The van der Waals surface area contributed by atoms with Crippen molar-refractivity contribution in [2.75, 3.05) is 32.2 Å². The highest BCUT2D eigenvalue weighted by Gasteiger charge is 2.29. The van der Waals surface area contributed by atoms with E-state index in [2.05, 4.69) is 225 Å². The number of aromatic nitrogens is 14. The summed E-state index contributed by atoms with van der Waals surface area (Å²) in [6.45, 7) is 63.6. The molecule has 9 aromatic heterocycles. The fourth-order valence-electron chi connectivity index (χ4n) is 12.6. The van der Waals surface area contributed by atoms with Crippen LogP contribution in [0.1, 0.15) is 376 Å². The molecule has 0 aliphatic carbocycles. The molecule has 0 spiro atoms. The number of Topliss-reactive ketones (excluding diaryl/α,β-unsaturated/α-hetero) is 2. The predicted octanol–water partition coefficient (Wildman–Crippen LogP) is 22.0. The number of nitrogens with two attached hydrogens (primary N) is 1. The molecule has 27 nitrogen and oxygen atoms in total. The fourth-order valence-corrected chi connectivity index (χ4v) is 13.4. The van der Waals surface area contributed by atoms with E-state index in [4.69, 9.17) is 35.1 Å². The zero-order valence-corrected chi connectivity index (χ0v) is 79.3. The number of aromatic amines is 1. The summed E-state index contributed by atoms with van der Waals surface area (Å²) in [5.41, 5.74) is 26.6. The van der Waals surface area contributed by atoms with Crippen molar-refractivity contribution in [3.8, 4) is 22.3 Å². The maximum atomic E-state index is 12.5. The maximum absolute atomic E-state index is 12.5. The van der Waals surface area contributed by atoms with Crippen LogP contribution in [0.15, 0.2) is 77.3 Å². The Bertz CT molecular complexity index is 5380. The highest BCUT2D eigenvalue weighted by molar-refractivity contribution is 9.10. The number of aryl methyl sites for hydroxylation is 4. The van der Waals surface area contributed by atoms with Crippen molar-refractivity contribution >= 4 is 85.7 Å². The van der Waals surface area contributed by atoms with E-state index in [0.29, 0.717) is 83.8 Å². The number of ether oxygens (including phenoxy) is 4. The standard InChI is InChI=1S/C23H29N3O2.C21H25N3O2.C15H20BrN3O2.C15H21N3O2.C9H16O3.C6H11N3.C5H10O.CH4/c1-8-28-23(27)17-12-18(13(2)3)26-22(24-17)20(21(25-26)14(4)5)19-15(6)10-9-11-16(19)7;1-11(2)16-10-15(21(25)26)22-20-18(19(12(3)4)23-24(16)20)17-13(5)8-7-9-14(17)6;1-6-21-15(20)10-7-11(8(2)3)19-14(17-10)12(16)13(18-19)9(4)5;1-6-20-15(19)12-7-13(10(4)5)18-14(16-12)8-11(17-18)9(2)3;1-4-12-9(11)8(10)6-5-7(2)3;1-4(2)5-3-6(7)9-8-5;1-4(2)5(3)6;/h9-14H,8H2,1-7H3;7-12H,1-6H3,(H,25,26);7-9H,6H2,1-5H3;7-10H,6H2,1-5H3;7H,4-6H2,1-3H3;3-4H,1-2H3,(H3,7,8,9);4H,1-3H3;1H4. The Balaban J connectivity index is 0.000000314. The van der Waals surface area contributed by atoms with Crippen molar-refractivity contribution < 1.29 is 57.6 Å². The predicted molar refractivity (Wildman–Crippen MR) is 492 cm³/mol. The number of ketones is 2. The van der Waals surface area contributed by atoms with E-state index in [1.807, 2.05) is 77.8 Å². The van der Waals surface area contributed by atoms with Crippen LogP contribution in [0.3, 0.4) is 0 Å². The number of rotatable bonds is 24. The van der Waals surface area contributed by atoms with Gasteiger partial charge in [0.1, 0.15) is 11.6 Å². The Morgan fingerprint density at radius 3 is 1.11 bits per heavy atom. The summed E-state index contributed by atoms with van der Waals surface area (Å²) in [4.78, 5) is 97.9. The first-order chi connectivity index (χ1) is 57.2. The van der Waals surface area contributed by atoms with E-state index >= 15 is 0 Å². The van der Waals surface area contributed by atoms with Crippen LogP contribution in [0.2, 0.25) is 0 Å². The number of esters is 4. The minimum Gasteiger partial charge on any atom is -0.477 e. The Morgan fingerprint density at radius 1 is 0.439 bits per heavy atom. The number of halogens is 1. The average molecular weight is 1760 g/mol. The van der Waals surface area contributed by atoms with E-state index in [-0.39, 0.29) is 78.8 Å². The number of nitrogens with zero attached hydrogens (tertiary/aromatic N) is 13. The van der Waals surface area contributed by atoms with Gasteiger partial charge in [0.2, 0.25) is 5.78 Å². The number of hydrogen-bond acceptors (Lipinski definition) is 21. The third-order valence-corrected chi connectivity index (χ3v) is 20.3. The minimum atomic E-state index is -1.02. The lowest BCUT2D eigenvalue weighted by molar-refractivity contribution is -0.153. The summed E-state index contributed by atoms with van der Waals surface area (Å²) in [6.07, 6.45) is 1.05. The van der Waals surface area contributed by atoms with Crippen molar-refractivity contribution in [3.63, 3.8) is 0 Å². The molecule has 0 atom stereocenters. The minimum absolute atomic E-state index is 0. The van der Waals surface area contributed by atoms with Crippen LogP contribution in [0.5, 0.6) is 0 Å². The molecule has 0 aliphatic rings. The number of carboxylic acids is 1. The number of carbonyl (C=O) groups is 7. The van der Waals surface area contributed by atoms with Crippen molar-refractivity contribution in [2.45, 2.75) is 288 Å². The molecule has 0 radical (unpaired) electrons. The highest BCUT2D eigenvalue weighted by Crippen LogP contribution is 2.40. The lowest BCUT2D eigenvalue weighted by Gasteiger charge is -2.13. The summed E-state index contributed by atoms with van der Waals surface area (Å²) in [5.74, 6) is 0.445. The van der Waals surface area contributed by atoms with Gasteiger partial charge in [-0.15, -0.1) is 0 Å². The van der Waals surface area contributed by atoms with Gasteiger partial charge >= 0.3 is 29.8 Å². The van der Waals surface area contributed by atoms with E-state index in [1.54, 1.807) is 58.9 Å². The second-order valence-corrected chi connectivity index (χ2v) is 34.3. The average Bonchev–Trinajstić information content (AvgIpc) is 1.60. The molecule has 0 saturated carbocycles. The second kappa shape index (κ2) is 47.7. The normalized spacial score (nSPS) is 11.2. The van der Waals surface area contributed by atoms with Crippen molar-refractivity contribution in [1.82, 2.24) is 68.6 Å². The Kier molecular flexibility index (Phi) is 40.5. The Morgan fingerprint density at radius 2 is 0.789 bits per heavy atom. The molecular formula is C95H136BrN15O12. The van der Waals surface area contributed by atoms with Crippen molar-refractivity contribution in [3.05, 3.63) is 174 Å². The first-order valence-electron chi connectivity index (χ1n) is 42.5. The van der Waals surface area contributed by atoms with Gasteiger partial charge in [-0.3, -0.25) is 14.7 Å². The van der Waals surface area contributed by atoms with Crippen molar-refractivity contribution in [1.29, 1.82) is 0 Å². The molecule has 123 heavy (non-hydrogen) atoms. The molecular weight excluding hydrogens is 1620 g/mol. The number of benzene rings is 2. The summed E-state index contributed by atoms with van der Waals surface area (Å²) in [7, 11) is 0. The third kappa shape index (κ3) is 27.5. The molecule has 0 bridgehead atoms. The lowest BCUT2D eigenvalue weighted by atomic mass is 9.92. The molecule has 0 saturated heterocycles. The van der Waals surface area contributed by atoms with Gasteiger partial charge in [0, 0.05) is 52.9 Å². The van der Waals surface area contributed by atoms with Gasteiger partial charge in [-0.25, -0.2) is 62.0 Å². The number of carbonyl (C=O) groups excluding carboxylic acids is 6. The van der Waals surface area contributed by atoms with Crippen molar-refractivity contribution in [2.24, 2.45) is 11.8 Å². The maximum Gasteiger partial charge on any atom is 0.374 e. The van der Waals surface area contributed by atoms with Gasteiger partial charge in [0.15, 0.2) is 45.4 Å². The molecule has 11 aromatic rings. The SMILES string of the molecule is C.CC(=O)C(C)C.CC(C)c1cc(N)n[nH]1.CCOC(=O)C(=O)CCC(C)C.CCOC(=O)c1cc(C(C)C)n2nc(C(C)C)c(-c3c(C)cccc3C)c2n1.CCOC(=O)c1cc(C(C)C)n2nc(C(C)C)c(Br)c2n1.CCOC(=O)c1cc(C(C)C)n2nc(C(C)C)cc2n1.Cc1cccc(C)c1-c1c(C(C)C)nn2c(C(C)C)cc(C(=O)O)nc12. The molecule has 28 heteroatoms. The molecule has 0 aliphatic heterocycles. The largest absolute Gasteiger partial charge is 0.477 e. The van der Waals surface area contributed by atoms with Crippen LogP contribution >= 0.6 is 15.9 Å². The zero-order valence-electron chi connectivity index (χ0n) is 77.7. The van der Waals surface area contributed by atoms with Gasteiger partial charge in [-0.1, -0.05) is 196 Å². The quantitative estimate of drug-likeness (QED) is 0.0287. The highest BCUT2D eigenvalue weighted by atomic mass is 79.9. The zero-order chi connectivity index (χ0) is 91.9. The van der Waals surface area contributed by atoms with Crippen LogP contribution < -0.4 is 5.73 Å². The molecule has 0 unspecified atom stereocenters. The first-order valence-corrected chi connectivity index (χ1v) is 43.2. The Hall–Kier alpha value is -10.9. The molecule has 670 valence electrons. The van der Waals surface area contributed by atoms with E-state index in [1.165, 1.54) is 11.1 Å². The van der Waals surface area contributed by atoms with Crippen LogP contribution in [0, 0.1) is 39.5 Å².